The molecule has 1 aromatic carbocycles. The molecule has 0 aliphatic heterocycles. The van der Waals surface area contributed by atoms with E-state index in [4.69, 9.17) is 28.0 Å². The molecule has 0 saturated heterocycles. The molecule has 3 N–H and O–H groups in total. The summed E-state index contributed by atoms with van der Waals surface area (Å²) in [5.41, 5.74) is 1.87. The molecule has 3 aromatic heterocycles. The van der Waals surface area contributed by atoms with Crippen LogP contribution in [0.1, 0.15) is 5.69 Å². The van der Waals surface area contributed by atoms with E-state index in [1.54, 1.807) is 42.7 Å². The molecule has 4 aromatic rings. The first-order valence-corrected chi connectivity index (χ1v) is 11.8. The fraction of sp³-hybridized carbons (Fsp3) is 0.250. The summed E-state index contributed by atoms with van der Waals surface area (Å²) in [5, 5.41) is 7.19. The van der Waals surface area contributed by atoms with Gasteiger partial charge in [0.15, 0.2) is 5.65 Å². The molecule has 10 nitrogen and oxygen atoms in total. The second kappa shape index (κ2) is 11.0. The zero-order chi connectivity index (χ0) is 25.8. The number of amides is 1. The van der Waals surface area contributed by atoms with Crippen LogP contribution in [0, 0.1) is 0 Å². The van der Waals surface area contributed by atoms with Crippen LogP contribution in [0.4, 0.5) is 11.6 Å². The average Bonchev–Trinajstić information content (AvgIpc) is 3.25. The maximum Gasteiger partial charge on any atom is 0.293 e. The summed E-state index contributed by atoms with van der Waals surface area (Å²) in [6.45, 7) is 1.34. The van der Waals surface area contributed by atoms with Gasteiger partial charge in [-0.25, -0.2) is 4.98 Å². The third kappa shape index (κ3) is 5.62. The SMILES string of the molecule is COn1c(=O)c(-c2c(Cl)cccc2Cl)cc2cnc(Nc3c[nH]c(CC(=O)NCCN(C)C)c3)nc21. The summed E-state index contributed by atoms with van der Waals surface area (Å²) in [5.74, 6) is 0.169. The highest BCUT2D eigenvalue weighted by Gasteiger charge is 2.18. The van der Waals surface area contributed by atoms with E-state index in [1.807, 2.05) is 19.0 Å². The van der Waals surface area contributed by atoms with Crippen LogP contribution in [-0.4, -0.2) is 64.8 Å². The number of hydrogen-bond acceptors (Lipinski definition) is 7. The summed E-state index contributed by atoms with van der Waals surface area (Å²) < 4.78 is 1.07. The van der Waals surface area contributed by atoms with Crippen molar-refractivity contribution in [1.82, 2.24) is 29.9 Å². The Morgan fingerprint density at radius 3 is 2.67 bits per heavy atom. The number of nitrogens with zero attached hydrogens (tertiary/aromatic N) is 4. The zero-order valence-corrected chi connectivity index (χ0v) is 21.4. The van der Waals surface area contributed by atoms with Crippen LogP contribution in [-0.2, 0) is 11.2 Å². The van der Waals surface area contributed by atoms with Gasteiger partial charge in [-0.15, -0.1) is 4.73 Å². The van der Waals surface area contributed by atoms with Crippen molar-refractivity contribution in [1.29, 1.82) is 0 Å². The van der Waals surface area contributed by atoms with Gasteiger partial charge >= 0.3 is 0 Å². The molecule has 0 unspecified atom stereocenters. The molecule has 0 radical (unpaired) electrons. The largest absolute Gasteiger partial charge is 0.412 e. The van der Waals surface area contributed by atoms with Crippen molar-refractivity contribution in [2.75, 3.05) is 39.6 Å². The van der Waals surface area contributed by atoms with Gasteiger partial charge in [-0.1, -0.05) is 29.3 Å². The number of carbonyl (C=O) groups is 1. The van der Waals surface area contributed by atoms with E-state index >= 15 is 0 Å². The van der Waals surface area contributed by atoms with Crippen molar-refractivity contribution >= 4 is 51.8 Å². The van der Waals surface area contributed by atoms with Gasteiger partial charge in [0.2, 0.25) is 11.9 Å². The highest BCUT2D eigenvalue weighted by atomic mass is 35.5. The van der Waals surface area contributed by atoms with Gasteiger partial charge in [-0.2, -0.15) is 4.98 Å². The predicted octanol–water partition coefficient (Wildman–Crippen LogP) is 3.12. The quantitative estimate of drug-likeness (QED) is 0.305. The van der Waals surface area contributed by atoms with Crippen LogP contribution in [0.15, 0.2) is 47.5 Å². The van der Waals surface area contributed by atoms with Crippen molar-refractivity contribution in [2.45, 2.75) is 6.42 Å². The molecule has 3 heterocycles. The van der Waals surface area contributed by atoms with Gasteiger partial charge in [0.25, 0.3) is 5.56 Å². The average molecular weight is 530 g/mol. The van der Waals surface area contributed by atoms with Crippen LogP contribution < -0.4 is 21.0 Å². The number of aromatic amines is 1. The van der Waals surface area contributed by atoms with Crippen molar-refractivity contribution in [2.24, 2.45) is 0 Å². The normalized spacial score (nSPS) is 11.2. The molecular weight excluding hydrogens is 505 g/mol. The first kappa shape index (κ1) is 25.5. The smallest absolute Gasteiger partial charge is 0.293 e. The molecule has 4 rings (SSSR count). The Bertz CT molecular complexity index is 1450. The number of H-pyrrole nitrogens is 1. The molecule has 1 amide bonds. The summed E-state index contributed by atoms with van der Waals surface area (Å²) in [7, 11) is 5.27. The number of fused-ring (bicyclic) bond motifs is 1. The zero-order valence-electron chi connectivity index (χ0n) is 19.9. The first-order chi connectivity index (χ1) is 17.3. The molecule has 0 fully saturated rings. The fourth-order valence-electron chi connectivity index (χ4n) is 3.63. The van der Waals surface area contributed by atoms with Crippen LogP contribution >= 0.6 is 23.2 Å². The van der Waals surface area contributed by atoms with Crippen LogP contribution in [0.2, 0.25) is 10.0 Å². The van der Waals surface area contributed by atoms with E-state index in [-0.39, 0.29) is 29.5 Å². The number of nitrogens with one attached hydrogen (secondary N) is 3. The first-order valence-electron chi connectivity index (χ1n) is 11.0. The lowest BCUT2D eigenvalue weighted by atomic mass is 10.1. The minimum Gasteiger partial charge on any atom is -0.412 e. The minimum atomic E-state index is -0.464. The van der Waals surface area contributed by atoms with Crippen molar-refractivity contribution in [3.05, 3.63) is 68.8 Å². The summed E-state index contributed by atoms with van der Waals surface area (Å²) in [4.78, 5) is 44.6. The number of carbonyl (C=O) groups excluding carboxylic acids is 1. The summed E-state index contributed by atoms with van der Waals surface area (Å²) in [6, 6.07) is 8.45. The maximum absolute atomic E-state index is 13.2. The number of aromatic nitrogens is 4. The monoisotopic (exact) mass is 529 g/mol. The Morgan fingerprint density at radius 2 is 1.97 bits per heavy atom. The molecule has 0 aliphatic rings. The topological polar surface area (TPSA) is 117 Å². The highest BCUT2D eigenvalue weighted by Crippen LogP contribution is 2.33. The van der Waals surface area contributed by atoms with E-state index in [2.05, 4.69) is 25.6 Å². The standard InChI is InChI=1S/C24H25Cl2N7O3/c1-32(2)8-7-27-20(34)11-15-10-16(13-28-15)30-24-29-12-14-9-17(21-18(25)5-4-6-19(21)26)23(35)33(36-3)22(14)31-24/h4-6,9-10,12-13,28H,7-8,11H2,1-3H3,(H,27,34)(H,29,30,31). The number of benzene rings is 1. The van der Waals surface area contributed by atoms with Gasteiger partial charge in [0.05, 0.1) is 27.7 Å². The van der Waals surface area contributed by atoms with E-state index in [9.17, 15) is 9.59 Å². The molecular formula is C24H25Cl2N7O3. The number of likely N-dealkylation sites (N-methyl/N-ethyl adjacent to an activating group) is 1. The number of rotatable bonds is 9. The van der Waals surface area contributed by atoms with E-state index < -0.39 is 5.56 Å². The van der Waals surface area contributed by atoms with Crippen molar-refractivity contribution in [3.63, 3.8) is 0 Å². The van der Waals surface area contributed by atoms with Gasteiger partial charge in [0.1, 0.15) is 7.11 Å². The van der Waals surface area contributed by atoms with Gasteiger partial charge in [-0.05, 0) is 38.4 Å². The summed E-state index contributed by atoms with van der Waals surface area (Å²) >= 11 is 12.6. The van der Waals surface area contributed by atoms with E-state index in [0.29, 0.717) is 33.2 Å². The second-order valence-corrected chi connectivity index (χ2v) is 9.09. The number of halogens is 2. The third-order valence-electron chi connectivity index (χ3n) is 5.35. The Morgan fingerprint density at radius 1 is 1.22 bits per heavy atom. The Kier molecular flexibility index (Phi) is 7.78. The van der Waals surface area contributed by atoms with Gasteiger partial charge in [0, 0.05) is 42.1 Å². The third-order valence-corrected chi connectivity index (χ3v) is 5.98. The summed E-state index contributed by atoms with van der Waals surface area (Å²) in [6.07, 6.45) is 3.49. The lowest BCUT2D eigenvalue weighted by Gasteiger charge is -2.13. The lowest BCUT2D eigenvalue weighted by Crippen LogP contribution is -2.32. The maximum atomic E-state index is 13.2. The molecule has 0 atom stereocenters. The van der Waals surface area contributed by atoms with Crippen molar-refractivity contribution < 1.29 is 9.63 Å². The fourth-order valence-corrected chi connectivity index (χ4v) is 4.23. The van der Waals surface area contributed by atoms with E-state index in [0.717, 1.165) is 17.0 Å². The second-order valence-electron chi connectivity index (χ2n) is 8.28. The number of hydrogen-bond donors (Lipinski definition) is 3. The van der Waals surface area contributed by atoms with Gasteiger partial charge in [-0.3, -0.25) is 9.59 Å². The highest BCUT2D eigenvalue weighted by molar-refractivity contribution is 6.39. The Hall–Kier alpha value is -3.60. The van der Waals surface area contributed by atoms with Crippen LogP contribution in [0.5, 0.6) is 0 Å². The molecule has 0 bridgehead atoms. The van der Waals surface area contributed by atoms with Crippen molar-refractivity contribution in [3.8, 4) is 11.1 Å². The number of anilines is 2. The Labute approximate surface area is 217 Å². The minimum absolute atomic E-state index is 0.0780. The molecule has 0 spiro atoms. The molecule has 0 saturated carbocycles. The Balaban J connectivity index is 1.57. The molecule has 36 heavy (non-hydrogen) atoms. The lowest BCUT2D eigenvalue weighted by molar-refractivity contribution is -0.120. The van der Waals surface area contributed by atoms with Crippen LogP contribution in [0.25, 0.3) is 22.2 Å². The van der Waals surface area contributed by atoms with Gasteiger partial charge < -0.3 is 25.4 Å². The molecule has 0 aliphatic carbocycles. The number of pyridine rings is 1. The predicted molar refractivity (Wildman–Crippen MR) is 141 cm³/mol. The molecule has 188 valence electrons. The van der Waals surface area contributed by atoms with Crippen LogP contribution in [0.3, 0.4) is 0 Å². The van der Waals surface area contributed by atoms with E-state index in [1.165, 1.54) is 7.11 Å². The molecule has 12 heteroatoms.